The van der Waals surface area contributed by atoms with Gasteiger partial charge < -0.3 is 20.1 Å². The first-order valence-electron chi connectivity index (χ1n) is 12.5. The van der Waals surface area contributed by atoms with Crippen molar-refractivity contribution in [2.45, 2.75) is 64.3 Å². The highest BCUT2D eigenvalue weighted by Crippen LogP contribution is 2.39. The monoisotopic (exact) mass is 483 g/mol. The van der Waals surface area contributed by atoms with Gasteiger partial charge in [0.1, 0.15) is 10.6 Å². The number of hydrogen-bond donors (Lipinski definition) is 2. The molecule has 3 aliphatic rings. The Kier molecular flexibility index (Phi) is 6.38. The largest absolute Gasteiger partial charge is 0.379 e. The van der Waals surface area contributed by atoms with Crippen LogP contribution in [0.3, 0.4) is 0 Å². The van der Waals surface area contributed by atoms with Crippen LogP contribution < -0.4 is 10.6 Å². The minimum Gasteiger partial charge on any atom is -0.379 e. The summed E-state index contributed by atoms with van der Waals surface area (Å²) in [6, 6.07) is 1.12. The molecule has 2 N–H and O–H groups in total. The summed E-state index contributed by atoms with van der Waals surface area (Å²) in [7, 11) is 0. The van der Waals surface area contributed by atoms with E-state index in [4.69, 9.17) is 19.4 Å². The van der Waals surface area contributed by atoms with Crippen LogP contribution in [-0.2, 0) is 29.0 Å². The third-order valence-corrected chi connectivity index (χ3v) is 8.38. The molecule has 0 radical (unpaired) electrons. The number of anilines is 3. The van der Waals surface area contributed by atoms with Gasteiger partial charge in [-0.25, -0.2) is 4.98 Å². The van der Waals surface area contributed by atoms with Crippen molar-refractivity contribution in [1.82, 2.24) is 24.6 Å². The van der Waals surface area contributed by atoms with E-state index in [-0.39, 0.29) is 0 Å². The number of thiophene rings is 1. The molecule has 0 spiro atoms. The summed E-state index contributed by atoms with van der Waals surface area (Å²) in [5.41, 5.74) is 2.27. The summed E-state index contributed by atoms with van der Waals surface area (Å²) >= 11 is 1.73. The fourth-order valence-electron chi connectivity index (χ4n) is 5.44. The van der Waals surface area contributed by atoms with Crippen molar-refractivity contribution in [2.75, 3.05) is 43.5 Å². The number of fused-ring (bicyclic) bond motifs is 3. The van der Waals surface area contributed by atoms with E-state index >= 15 is 0 Å². The highest BCUT2D eigenvalue weighted by Gasteiger charge is 2.28. The van der Waals surface area contributed by atoms with Crippen LogP contribution in [0.1, 0.15) is 43.0 Å². The Labute approximate surface area is 203 Å². The zero-order chi connectivity index (χ0) is 22.9. The lowest BCUT2D eigenvalue weighted by Gasteiger charge is -2.39. The van der Waals surface area contributed by atoms with Crippen molar-refractivity contribution in [3.8, 4) is 0 Å². The van der Waals surface area contributed by atoms with Crippen LogP contribution in [0.2, 0.25) is 0 Å². The molecule has 10 heteroatoms. The number of nitrogens with one attached hydrogen (secondary N) is 2. The zero-order valence-electron chi connectivity index (χ0n) is 19.8. The molecule has 3 aromatic heterocycles. The third-order valence-electron chi connectivity index (χ3n) is 7.28. The second-order valence-corrected chi connectivity index (χ2v) is 10.5. The maximum atomic E-state index is 5.73. The lowest BCUT2D eigenvalue weighted by Crippen LogP contribution is -2.46. The van der Waals surface area contributed by atoms with Gasteiger partial charge in [-0.3, -0.25) is 9.58 Å². The molecule has 9 nitrogen and oxygen atoms in total. The van der Waals surface area contributed by atoms with Crippen molar-refractivity contribution >= 4 is 39.0 Å². The average Bonchev–Trinajstić information content (AvgIpc) is 3.49. The summed E-state index contributed by atoms with van der Waals surface area (Å²) in [6.45, 7) is 8.23. The number of morpholine rings is 1. The minimum atomic E-state index is 0.432. The summed E-state index contributed by atoms with van der Waals surface area (Å²) in [6.07, 6.45) is 9.51. The second kappa shape index (κ2) is 9.77. The van der Waals surface area contributed by atoms with Crippen molar-refractivity contribution in [3.05, 3.63) is 22.8 Å². The molecule has 1 aliphatic carbocycles. The molecule has 0 aromatic carbocycles. The van der Waals surface area contributed by atoms with E-state index in [0.717, 1.165) is 75.1 Å². The van der Waals surface area contributed by atoms with Gasteiger partial charge in [0.25, 0.3) is 0 Å². The molecule has 0 amide bonds. The van der Waals surface area contributed by atoms with Gasteiger partial charge in [0.2, 0.25) is 5.95 Å². The predicted molar refractivity (Wildman–Crippen MR) is 134 cm³/mol. The van der Waals surface area contributed by atoms with E-state index in [2.05, 4.69) is 27.6 Å². The van der Waals surface area contributed by atoms with Crippen LogP contribution in [0.15, 0.2) is 12.4 Å². The lowest BCUT2D eigenvalue weighted by molar-refractivity contribution is 0.00791. The molecule has 0 atom stereocenters. The molecule has 34 heavy (non-hydrogen) atoms. The molecular formula is C24H33N7O2S. The van der Waals surface area contributed by atoms with E-state index in [1.807, 2.05) is 17.1 Å². The number of nitrogens with zero attached hydrogens (tertiary/aromatic N) is 5. The highest BCUT2D eigenvalue weighted by molar-refractivity contribution is 7.19. The van der Waals surface area contributed by atoms with Crippen LogP contribution in [0.25, 0.3) is 10.2 Å². The summed E-state index contributed by atoms with van der Waals surface area (Å²) in [4.78, 5) is 14.8. The van der Waals surface area contributed by atoms with Crippen molar-refractivity contribution in [1.29, 1.82) is 0 Å². The second-order valence-electron chi connectivity index (χ2n) is 9.39. The SMILES string of the molecule is CCn1cc(Nc2nc(N[C@H]3CC[C@H](N4CCOCC4)CC3)c3c4c(sc3n2)COCC4)cn1. The molecule has 1 saturated carbocycles. The third kappa shape index (κ3) is 4.51. The first-order chi connectivity index (χ1) is 16.8. The first-order valence-corrected chi connectivity index (χ1v) is 13.4. The average molecular weight is 484 g/mol. The van der Waals surface area contributed by atoms with Crippen molar-refractivity contribution < 1.29 is 9.47 Å². The molecule has 0 bridgehead atoms. The number of aromatic nitrogens is 4. The molecule has 182 valence electrons. The summed E-state index contributed by atoms with van der Waals surface area (Å²) in [5, 5.41) is 12.8. The van der Waals surface area contributed by atoms with Gasteiger partial charge in [-0.05, 0) is 44.6 Å². The standard InChI is InChI=1S/C24H33N7O2S/c1-2-31-14-17(13-25-31)27-24-28-22(21-19-7-10-33-15-20(19)34-23(21)29-24)26-16-3-5-18(6-4-16)30-8-11-32-12-9-30/h13-14,16,18H,2-12,15H2,1H3,(H2,26,27,28,29)/t16-,18-. The normalized spacial score (nSPS) is 23.7. The molecule has 3 aromatic rings. The van der Waals surface area contributed by atoms with Gasteiger partial charge in [0, 0.05) is 42.8 Å². The first kappa shape index (κ1) is 22.2. The Morgan fingerprint density at radius 3 is 2.74 bits per heavy atom. The van der Waals surface area contributed by atoms with Crippen LogP contribution >= 0.6 is 11.3 Å². The van der Waals surface area contributed by atoms with Crippen LogP contribution in [0.5, 0.6) is 0 Å². The van der Waals surface area contributed by atoms with Crippen molar-refractivity contribution in [2.24, 2.45) is 0 Å². The van der Waals surface area contributed by atoms with Gasteiger partial charge in [0.15, 0.2) is 0 Å². The van der Waals surface area contributed by atoms with Crippen molar-refractivity contribution in [3.63, 3.8) is 0 Å². The van der Waals surface area contributed by atoms with Gasteiger partial charge >= 0.3 is 0 Å². The van der Waals surface area contributed by atoms with E-state index < -0.39 is 0 Å². The summed E-state index contributed by atoms with van der Waals surface area (Å²) in [5.74, 6) is 1.58. The number of hydrogen-bond acceptors (Lipinski definition) is 9. The van der Waals surface area contributed by atoms with Crippen LogP contribution in [-0.4, -0.2) is 69.6 Å². The predicted octanol–water partition coefficient (Wildman–Crippen LogP) is 3.78. The van der Waals surface area contributed by atoms with Gasteiger partial charge in [0.05, 0.1) is 43.7 Å². The van der Waals surface area contributed by atoms with E-state index in [1.165, 1.54) is 28.7 Å². The maximum absolute atomic E-state index is 5.73. The lowest BCUT2D eigenvalue weighted by atomic mass is 9.90. The maximum Gasteiger partial charge on any atom is 0.230 e. The van der Waals surface area contributed by atoms with Gasteiger partial charge in [-0.2, -0.15) is 10.1 Å². The van der Waals surface area contributed by atoms with Gasteiger partial charge in [-0.15, -0.1) is 11.3 Å². The number of ether oxygens (including phenoxy) is 2. The van der Waals surface area contributed by atoms with Gasteiger partial charge in [-0.1, -0.05) is 0 Å². The number of rotatable bonds is 6. The Balaban J connectivity index is 1.24. The molecule has 2 fully saturated rings. The number of aryl methyl sites for hydroxylation is 1. The Bertz CT molecular complexity index is 1130. The molecule has 0 unspecified atom stereocenters. The zero-order valence-corrected chi connectivity index (χ0v) is 20.6. The summed E-state index contributed by atoms with van der Waals surface area (Å²) < 4.78 is 13.2. The molecule has 5 heterocycles. The van der Waals surface area contributed by atoms with Crippen LogP contribution in [0.4, 0.5) is 17.5 Å². The Hall–Kier alpha value is -2.27. The quantitative estimate of drug-likeness (QED) is 0.548. The Morgan fingerprint density at radius 2 is 1.94 bits per heavy atom. The van der Waals surface area contributed by atoms with Crippen LogP contribution in [0, 0.1) is 0 Å². The van der Waals surface area contributed by atoms with E-state index in [9.17, 15) is 0 Å². The van der Waals surface area contributed by atoms with E-state index in [1.54, 1.807) is 11.3 Å². The fourth-order valence-corrected chi connectivity index (χ4v) is 6.59. The fraction of sp³-hybridized carbons (Fsp3) is 0.625. The molecule has 2 aliphatic heterocycles. The molecule has 6 rings (SSSR count). The molecule has 1 saturated heterocycles. The topological polar surface area (TPSA) is 89.4 Å². The minimum absolute atomic E-state index is 0.432. The molecular weight excluding hydrogens is 450 g/mol. The Morgan fingerprint density at radius 1 is 1.09 bits per heavy atom. The van der Waals surface area contributed by atoms with E-state index in [0.29, 0.717) is 24.6 Å². The highest BCUT2D eigenvalue weighted by atomic mass is 32.1. The smallest absolute Gasteiger partial charge is 0.230 e.